The zero-order chi connectivity index (χ0) is 23.9. The lowest BCUT2D eigenvalue weighted by Gasteiger charge is -2.39. The molecule has 3 aromatic carbocycles. The number of nitrogens with one attached hydrogen (secondary N) is 1. The van der Waals surface area contributed by atoms with Crippen LogP contribution in [-0.4, -0.2) is 60.1 Å². The maximum Gasteiger partial charge on any atom is 0.0737 e. The average Bonchev–Trinajstić information content (AvgIpc) is 2.90. The van der Waals surface area contributed by atoms with E-state index in [0.29, 0.717) is 6.04 Å². The van der Waals surface area contributed by atoms with Crippen molar-refractivity contribution in [2.24, 2.45) is 0 Å². The first-order valence-electron chi connectivity index (χ1n) is 12.6. The van der Waals surface area contributed by atoms with Gasteiger partial charge in [-0.2, -0.15) is 0 Å². The summed E-state index contributed by atoms with van der Waals surface area (Å²) in [6.07, 6.45) is 4.03. The number of hydrogen-bond acceptors (Lipinski definition) is 4. The summed E-state index contributed by atoms with van der Waals surface area (Å²) in [5, 5.41) is 5.45. The van der Waals surface area contributed by atoms with Crippen molar-refractivity contribution in [3.8, 4) is 0 Å². The van der Waals surface area contributed by atoms with Crippen LogP contribution in [0, 0.1) is 0 Å². The van der Waals surface area contributed by atoms with Gasteiger partial charge in [-0.1, -0.05) is 72.3 Å². The Morgan fingerprint density at radius 1 is 0.800 bits per heavy atom. The van der Waals surface area contributed by atoms with E-state index in [1.807, 2.05) is 30.5 Å². The minimum Gasteiger partial charge on any atom is -0.383 e. The van der Waals surface area contributed by atoms with Crippen LogP contribution in [0.4, 0.5) is 5.69 Å². The van der Waals surface area contributed by atoms with Crippen LogP contribution in [-0.2, 0) is 12.8 Å². The lowest BCUT2D eigenvalue weighted by atomic mass is 9.97. The Morgan fingerprint density at radius 3 is 2.11 bits per heavy atom. The van der Waals surface area contributed by atoms with Crippen molar-refractivity contribution in [2.45, 2.75) is 18.9 Å². The lowest BCUT2D eigenvalue weighted by molar-refractivity contribution is 0.0978. The van der Waals surface area contributed by atoms with Gasteiger partial charge in [0, 0.05) is 67.6 Å². The predicted molar refractivity (Wildman–Crippen MR) is 147 cm³/mol. The van der Waals surface area contributed by atoms with Crippen molar-refractivity contribution in [3.05, 3.63) is 107 Å². The van der Waals surface area contributed by atoms with E-state index >= 15 is 0 Å². The van der Waals surface area contributed by atoms with E-state index in [2.05, 4.69) is 80.8 Å². The Labute approximate surface area is 213 Å². The highest BCUT2D eigenvalue weighted by atomic mass is 35.5. The first-order valence-corrected chi connectivity index (χ1v) is 12.9. The van der Waals surface area contributed by atoms with Gasteiger partial charge in [0.15, 0.2) is 0 Å². The maximum atomic E-state index is 6.13. The van der Waals surface area contributed by atoms with Crippen molar-refractivity contribution in [1.29, 1.82) is 0 Å². The largest absolute Gasteiger partial charge is 0.383 e. The molecular formula is C30H33ClN4. The predicted octanol–water partition coefficient (Wildman–Crippen LogP) is 5.77. The standard InChI is InChI=1S/C30H33ClN4/c31-26-11-12-28-29(13-14-32-30(28)23-26)33-15-16-34-17-19-35(20-18-34)27(21-24-7-3-1-4-8-24)22-25-9-5-2-6-10-25/h1-14,23,27H,15-22H2,(H,32,33). The average molecular weight is 485 g/mol. The highest BCUT2D eigenvalue weighted by molar-refractivity contribution is 6.31. The number of rotatable bonds is 9. The monoisotopic (exact) mass is 484 g/mol. The summed E-state index contributed by atoms with van der Waals surface area (Å²) in [5.74, 6) is 0. The van der Waals surface area contributed by atoms with Gasteiger partial charge in [-0.25, -0.2) is 0 Å². The Morgan fingerprint density at radius 2 is 1.46 bits per heavy atom. The fourth-order valence-electron chi connectivity index (χ4n) is 5.08. The zero-order valence-electron chi connectivity index (χ0n) is 20.1. The zero-order valence-corrected chi connectivity index (χ0v) is 20.9. The minimum atomic E-state index is 0.523. The summed E-state index contributed by atoms with van der Waals surface area (Å²) in [6, 6.07) is 30.3. The summed E-state index contributed by atoms with van der Waals surface area (Å²) >= 11 is 6.13. The van der Waals surface area contributed by atoms with Crippen molar-refractivity contribution < 1.29 is 0 Å². The van der Waals surface area contributed by atoms with Gasteiger partial charge in [-0.3, -0.25) is 14.8 Å². The van der Waals surface area contributed by atoms with E-state index in [1.54, 1.807) is 0 Å². The fraction of sp³-hybridized carbons (Fsp3) is 0.300. The molecule has 0 aliphatic carbocycles. The molecule has 1 aliphatic rings. The number of fused-ring (bicyclic) bond motifs is 1. The molecular weight excluding hydrogens is 452 g/mol. The Hall–Kier alpha value is -2.92. The molecule has 0 saturated carbocycles. The highest BCUT2D eigenvalue weighted by Crippen LogP contribution is 2.24. The number of anilines is 1. The van der Waals surface area contributed by atoms with Gasteiger partial charge in [0.1, 0.15) is 0 Å². The van der Waals surface area contributed by atoms with Crippen molar-refractivity contribution in [2.75, 3.05) is 44.6 Å². The summed E-state index contributed by atoms with van der Waals surface area (Å²) in [5.41, 5.74) is 4.90. The second-order valence-corrected chi connectivity index (χ2v) is 9.79. The molecule has 0 atom stereocenters. The van der Waals surface area contributed by atoms with Crippen LogP contribution in [0.2, 0.25) is 5.02 Å². The fourth-order valence-corrected chi connectivity index (χ4v) is 5.25. The number of halogens is 1. The molecule has 0 spiro atoms. The van der Waals surface area contributed by atoms with Crippen molar-refractivity contribution >= 4 is 28.2 Å². The first-order chi connectivity index (χ1) is 17.2. The number of benzene rings is 3. The Kier molecular flexibility index (Phi) is 7.94. The molecule has 180 valence electrons. The van der Waals surface area contributed by atoms with E-state index in [-0.39, 0.29) is 0 Å². The quantitative estimate of drug-likeness (QED) is 0.326. The molecule has 1 aromatic heterocycles. The number of nitrogens with zero attached hydrogens (tertiary/aromatic N) is 3. The molecule has 4 aromatic rings. The number of hydrogen-bond donors (Lipinski definition) is 1. The summed E-state index contributed by atoms with van der Waals surface area (Å²) in [4.78, 5) is 9.72. The summed E-state index contributed by atoms with van der Waals surface area (Å²) < 4.78 is 0. The normalized spacial score (nSPS) is 15.0. The minimum absolute atomic E-state index is 0.523. The molecule has 2 heterocycles. The first kappa shape index (κ1) is 23.8. The van der Waals surface area contributed by atoms with Gasteiger partial charge >= 0.3 is 0 Å². The Bertz CT molecular complexity index is 1170. The molecule has 0 bridgehead atoms. The molecule has 1 fully saturated rings. The second kappa shape index (κ2) is 11.7. The van der Waals surface area contributed by atoms with Crippen molar-refractivity contribution in [1.82, 2.24) is 14.8 Å². The highest BCUT2D eigenvalue weighted by Gasteiger charge is 2.24. The van der Waals surface area contributed by atoms with E-state index in [1.165, 1.54) is 11.1 Å². The van der Waals surface area contributed by atoms with Crippen LogP contribution in [0.25, 0.3) is 10.9 Å². The van der Waals surface area contributed by atoms with E-state index in [9.17, 15) is 0 Å². The van der Waals surface area contributed by atoms with Gasteiger partial charge in [0.05, 0.1) is 5.52 Å². The molecule has 0 radical (unpaired) electrons. The van der Waals surface area contributed by atoms with E-state index in [4.69, 9.17) is 11.6 Å². The molecule has 4 nitrogen and oxygen atoms in total. The third-order valence-corrected chi connectivity index (χ3v) is 7.23. The Balaban J connectivity index is 1.16. The molecule has 1 N–H and O–H groups in total. The van der Waals surface area contributed by atoms with Crippen LogP contribution in [0.5, 0.6) is 0 Å². The number of aromatic nitrogens is 1. The van der Waals surface area contributed by atoms with Crippen LogP contribution >= 0.6 is 11.6 Å². The van der Waals surface area contributed by atoms with Crippen LogP contribution in [0.1, 0.15) is 11.1 Å². The SMILES string of the molecule is Clc1ccc2c(NCCN3CCN(C(Cc4ccccc4)Cc4ccccc4)CC3)ccnc2c1. The molecule has 0 unspecified atom stereocenters. The number of pyridine rings is 1. The van der Waals surface area contributed by atoms with Crippen LogP contribution in [0.15, 0.2) is 91.1 Å². The second-order valence-electron chi connectivity index (χ2n) is 9.36. The third kappa shape index (κ3) is 6.40. The molecule has 5 rings (SSSR count). The molecule has 0 amide bonds. The van der Waals surface area contributed by atoms with Gasteiger partial charge in [0.2, 0.25) is 0 Å². The summed E-state index contributed by atoms with van der Waals surface area (Å²) in [6.45, 7) is 6.39. The van der Waals surface area contributed by atoms with Gasteiger partial charge < -0.3 is 5.32 Å². The maximum absolute atomic E-state index is 6.13. The molecule has 1 aliphatic heterocycles. The van der Waals surface area contributed by atoms with Gasteiger partial charge in [-0.05, 0) is 48.2 Å². The molecule has 5 heteroatoms. The lowest BCUT2D eigenvalue weighted by Crippen LogP contribution is -2.52. The van der Waals surface area contributed by atoms with Crippen molar-refractivity contribution in [3.63, 3.8) is 0 Å². The smallest absolute Gasteiger partial charge is 0.0737 e. The molecule has 1 saturated heterocycles. The van der Waals surface area contributed by atoms with Gasteiger partial charge in [0.25, 0.3) is 0 Å². The third-order valence-electron chi connectivity index (χ3n) is 7.00. The van der Waals surface area contributed by atoms with Crippen LogP contribution < -0.4 is 5.32 Å². The summed E-state index contributed by atoms with van der Waals surface area (Å²) in [7, 11) is 0. The topological polar surface area (TPSA) is 31.4 Å². The van der Waals surface area contributed by atoms with Crippen LogP contribution in [0.3, 0.4) is 0 Å². The van der Waals surface area contributed by atoms with E-state index in [0.717, 1.165) is 73.7 Å². The van der Waals surface area contributed by atoms with Gasteiger partial charge in [-0.15, -0.1) is 0 Å². The van der Waals surface area contributed by atoms with E-state index < -0.39 is 0 Å². The molecule has 35 heavy (non-hydrogen) atoms. The number of piperazine rings is 1.